The largest absolute Gasteiger partial charge is 0.242 e. The van der Waals surface area contributed by atoms with E-state index in [-0.39, 0.29) is 10.8 Å². The molecular formula is C10H20N4. The number of H-pyrrole nitrogens is 1. The van der Waals surface area contributed by atoms with Crippen molar-refractivity contribution in [2.45, 2.75) is 47.0 Å². The average Bonchev–Trinajstić information content (AvgIpc) is 2.55. The van der Waals surface area contributed by atoms with E-state index in [9.17, 15) is 0 Å². The normalized spacial score (nSPS) is 13.6. The number of aromatic amines is 1. The molecule has 0 aromatic carbocycles. The molecule has 0 aliphatic carbocycles. The van der Waals surface area contributed by atoms with Crippen molar-refractivity contribution in [2.75, 3.05) is 0 Å². The molecule has 0 saturated carbocycles. The van der Waals surface area contributed by atoms with Crippen LogP contribution in [0.15, 0.2) is 0 Å². The number of nitrogens with one attached hydrogen (secondary N) is 1. The molecule has 0 bridgehead atoms. The van der Waals surface area contributed by atoms with E-state index < -0.39 is 0 Å². The Kier molecular flexibility index (Phi) is 2.65. The van der Waals surface area contributed by atoms with Crippen LogP contribution in [0.3, 0.4) is 0 Å². The first-order chi connectivity index (χ1) is 6.30. The van der Waals surface area contributed by atoms with Gasteiger partial charge in [0, 0.05) is 5.41 Å². The van der Waals surface area contributed by atoms with Gasteiger partial charge in [0.1, 0.15) is 0 Å². The monoisotopic (exact) mass is 196 g/mol. The lowest BCUT2D eigenvalue weighted by Gasteiger charge is -2.43. The van der Waals surface area contributed by atoms with E-state index in [4.69, 9.17) is 0 Å². The van der Waals surface area contributed by atoms with E-state index in [0.717, 1.165) is 5.82 Å². The molecule has 1 aromatic rings. The fraction of sp³-hybridized carbons (Fsp3) is 0.900. The zero-order valence-electron chi connectivity index (χ0n) is 9.92. The molecule has 0 aliphatic rings. The minimum absolute atomic E-state index is 0.0509. The van der Waals surface area contributed by atoms with Gasteiger partial charge in [-0.25, -0.2) is 5.10 Å². The summed E-state index contributed by atoms with van der Waals surface area (Å²) in [6.07, 6.45) is 0. The molecular weight excluding hydrogens is 176 g/mol. The van der Waals surface area contributed by atoms with E-state index >= 15 is 0 Å². The van der Waals surface area contributed by atoms with E-state index in [1.165, 1.54) is 0 Å². The summed E-state index contributed by atoms with van der Waals surface area (Å²) in [7, 11) is 0. The van der Waals surface area contributed by atoms with Gasteiger partial charge < -0.3 is 0 Å². The van der Waals surface area contributed by atoms with Crippen molar-refractivity contribution in [3.05, 3.63) is 5.82 Å². The van der Waals surface area contributed by atoms with Gasteiger partial charge in [0.2, 0.25) is 0 Å². The molecule has 14 heavy (non-hydrogen) atoms. The number of hydrogen-bond acceptors (Lipinski definition) is 3. The van der Waals surface area contributed by atoms with Crippen LogP contribution >= 0.6 is 0 Å². The summed E-state index contributed by atoms with van der Waals surface area (Å²) in [5.74, 6) is 1.43. The maximum absolute atomic E-state index is 4.02. The zero-order chi connectivity index (χ0) is 11.0. The summed E-state index contributed by atoms with van der Waals surface area (Å²) < 4.78 is 0. The molecule has 0 atom stereocenters. The van der Waals surface area contributed by atoms with Gasteiger partial charge in [-0.15, -0.1) is 5.10 Å². The fourth-order valence-corrected chi connectivity index (χ4v) is 1.45. The summed E-state index contributed by atoms with van der Waals surface area (Å²) in [4.78, 5) is 0. The second-order valence-electron chi connectivity index (χ2n) is 5.25. The number of tetrazole rings is 1. The highest BCUT2D eigenvalue weighted by Crippen LogP contribution is 2.44. The van der Waals surface area contributed by atoms with Crippen molar-refractivity contribution in [1.29, 1.82) is 0 Å². The van der Waals surface area contributed by atoms with Gasteiger partial charge in [0.15, 0.2) is 5.82 Å². The molecule has 80 valence electrons. The molecule has 1 rings (SSSR count). The standard InChI is InChI=1S/C10H20N4/c1-7(2)9(3,4)10(5,6)8-11-13-14-12-8/h7H,1-6H3,(H,11,12,13,14). The summed E-state index contributed by atoms with van der Waals surface area (Å²) >= 11 is 0. The third kappa shape index (κ3) is 1.53. The minimum atomic E-state index is -0.0509. The van der Waals surface area contributed by atoms with Crippen molar-refractivity contribution < 1.29 is 0 Å². The highest BCUT2D eigenvalue weighted by Gasteiger charge is 2.43. The van der Waals surface area contributed by atoms with Crippen LogP contribution in [0.2, 0.25) is 0 Å². The topological polar surface area (TPSA) is 54.5 Å². The highest BCUT2D eigenvalue weighted by molar-refractivity contribution is 5.08. The van der Waals surface area contributed by atoms with Crippen molar-refractivity contribution in [3.8, 4) is 0 Å². The predicted molar refractivity (Wildman–Crippen MR) is 55.8 cm³/mol. The second-order valence-corrected chi connectivity index (χ2v) is 5.25. The van der Waals surface area contributed by atoms with E-state index in [2.05, 4.69) is 62.2 Å². The van der Waals surface area contributed by atoms with E-state index in [1.54, 1.807) is 0 Å². The molecule has 0 amide bonds. The second kappa shape index (κ2) is 3.33. The van der Waals surface area contributed by atoms with Crippen molar-refractivity contribution in [3.63, 3.8) is 0 Å². The summed E-state index contributed by atoms with van der Waals surface area (Å²) in [6.45, 7) is 13.3. The molecule has 0 spiro atoms. The van der Waals surface area contributed by atoms with Gasteiger partial charge in [0.25, 0.3) is 0 Å². The van der Waals surface area contributed by atoms with Crippen LogP contribution in [0.25, 0.3) is 0 Å². The molecule has 1 N–H and O–H groups in total. The van der Waals surface area contributed by atoms with E-state index in [1.807, 2.05) is 0 Å². The van der Waals surface area contributed by atoms with Crippen LogP contribution in [-0.2, 0) is 5.41 Å². The van der Waals surface area contributed by atoms with Crippen LogP contribution in [-0.4, -0.2) is 20.6 Å². The Hall–Kier alpha value is -0.930. The molecule has 0 aliphatic heterocycles. The lowest BCUT2D eigenvalue weighted by Crippen LogP contribution is -2.41. The molecule has 0 saturated heterocycles. The lowest BCUT2D eigenvalue weighted by atomic mass is 9.62. The molecule has 4 nitrogen and oxygen atoms in total. The maximum atomic E-state index is 4.02. The Balaban J connectivity index is 3.07. The third-order valence-electron chi connectivity index (χ3n) is 3.99. The first kappa shape index (κ1) is 11.1. The maximum Gasteiger partial charge on any atom is 0.154 e. The van der Waals surface area contributed by atoms with Crippen LogP contribution in [0.5, 0.6) is 0 Å². The van der Waals surface area contributed by atoms with Gasteiger partial charge in [-0.2, -0.15) is 0 Å². The van der Waals surface area contributed by atoms with Gasteiger partial charge in [-0.1, -0.05) is 41.5 Å². The van der Waals surface area contributed by atoms with Crippen molar-refractivity contribution >= 4 is 0 Å². The summed E-state index contributed by atoms with van der Waals surface area (Å²) in [6, 6.07) is 0. The predicted octanol–water partition coefficient (Wildman–Crippen LogP) is 2.16. The third-order valence-corrected chi connectivity index (χ3v) is 3.99. The van der Waals surface area contributed by atoms with Gasteiger partial charge >= 0.3 is 0 Å². The fourth-order valence-electron chi connectivity index (χ4n) is 1.45. The minimum Gasteiger partial charge on any atom is -0.242 e. The van der Waals surface area contributed by atoms with Crippen LogP contribution in [0.1, 0.15) is 47.4 Å². The first-order valence-corrected chi connectivity index (χ1v) is 5.04. The first-order valence-electron chi connectivity index (χ1n) is 5.04. The number of aromatic nitrogens is 4. The quantitative estimate of drug-likeness (QED) is 0.806. The van der Waals surface area contributed by atoms with E-state index in [0.29, 0.717) is 5.92 Å². The SMILES string of the molecule is CC(C)C(C)(C)C(C)(C)c1nnn[nH]1. The number of rotatable bonds is 3. The Labute approximate surface area is 85.5 Å². The number of nitrogens with zero attached hydrogens (tertiary/aromatic N) is 3. The number of hydrogen-bond donors (Lipinski definition) is 1. The Morgan fingerprint density at radius 3 is 2.07 bits per heavy atom. The lowest BCUT2D eigenvalue weighted by molar-refractivity contribution is 0.118. The smallest absolute Gasteiger partial charge is 0.154 e. The zero-order valence-corrected chi connectivity index (χ0v) is 9.92. The van der Waals surface area contributed by atoms with Crippen LogP contribution in [0.4, 0.5) is 0 Å². The Morgan fingerprint density at radius 1 is 1.14 bits per heavy atom. The molecule has 0 unspecified atom stereocenters. The van der Waals surface area contributed by atoms with Gasteiger partial charge in [0.05, 0.1) is 0 Å². The highest BCUT2D eigenvalue weighted by atomic mass is 15.5. The molecule has 1 aromatic heterocycles. The molecule has 4 heteroatoms. The van der Waals surface area contributed by atoms with Crippen molar-refractivity contribution in [2.24, 2.45) is 11.3 Å². The molecule has 0 radical (unpaired) electrons. The average molecular weight is 196 g/mol. The molecule has 1 heterocycles. The Morgan fingerprint density at radius 2 is 1.71 bits per heavy atom. The Bertz CT molecular complexity index is 285. The van der Waals surface area contributed by atoms with Crippen LogP contribution < -0.4 is 0 Å². The van der Waals surface area contributed by atoms with Gasteiger partial charge in [-0.05, 0) is 21.8 Å². The van der Waals surface area contributed by atoms with Crippen molar-refractivity contribution in [1.82, 2.24) is 20.6 Å². The summed E-state index contributed by atoms with van der Waals surface area (Å²) in [5, 5.41) is 14.2. The summed E-state index contributed by atoms with van der Waals surface area (Å²) in [5.41, 5.74) is 0.0961. The molecule has 0 fully saturated rings. The van der Waals surface area contributed by atoms with Gasteiger partial charge in [-0.3, -0.25) is 0 Å². The van der Waals surface area contributed by atoms with Crippen LogP contribution in [0, 0.1) is 11.3 Å².